The van der Waals surface area contributed by atoms with Crippen LogP contribution in [0, 0.1) is 17.8 Å². The lowest BCUT2D eigenvalue weighted by Crippen LogP contribution is -2.60. The number of carbonyl (C=O) groups is 1. The number of nitrogens with zero attached hydrogens (tertiary/aromatic N) is 1. The maximum Gasteiger partial charge on any atom is 0.320 e. The molecule has 142 valence electrons. The first-order chi connectivity index (χ1) is 13.1. The van der Waals surface area contributed by atoms with Crippen LogP contribution in [0.1, 0.15) is 38.5 Å². The van der Waals surface area contributed by atoms with E-state index in [1.54, 1.807) is 7.11 Å². The summed E-state index contributed by atoms with van der Waals surface area (Å²) in [5, 5.41) is 13.5. The van der Waals surface area contributed by atoms with E-state index in [4.69, 9.17) is 4.74 Å². The van der Waals surface area contributed by atoms with Gasteiger partial charge in [0.2, 0.25) is 0 Å². The average Bonchev–Trinajstić information content (AvgIpc) is 3.08. The molecule has 4 saturated carbocycles. The summed E-state index contributed by atoms with van der Waals surface area (Å²) < 4.78 is 5.19. The number of H-pyrrole nitrogens is 1. The maximum atomic E-state index is 12.6. The molecule has 1 aromatic heterocycles. The van der Waals surface area contributed by atoms with Gasteiger partial charge < -0.3 is 10.1 Å². The molecule has 4 bridgehead atoms. The normalized spacial score (nSPS) is 30.9. The third kappa shape index (κ3) is 3.17. The molecule has 4 aliphatic carbocycles. The van der Waals surface area contributed by atoms with Gasteiger partial charge in [-0.3, -0.25) is 10.4 Å². The molecule has 27 heavy (non-hydrogen) atoms. The molecule has 0 radical (unpaired) electrons. The number of urea groups is 1. The second-order valence-electron chi connectivity index (χ2n) is 8.67. The standard InChI is InChI=1S/C21H26N4O2/c1-27-17-4-2-16(3-5-17)18-9-19(25-24-18)22-20(26)23-21-10-13-6-14(11-21)8-15(7-13)12-21/h2-5,9,13-15H,6-8,10-12H2,1H3,(H3,22,23,24,25,26). The van der Waals surface area contributed by atoms with E-state index in [0.717, 1.165) is 54.0 Å². The van der Waals surface area contributed by atoms with Crippen molar-refractivity contribution < 1.29 is 9.53 Å². The largest absolute Gasteiger partial charge is 0.497 e. The first-order valence-corrected chi connectivity index (χ1v) is 9.90. The highest BCUT2D eigenvalue weighted by molar-refractivity contribution is 5.89. The van der Waals surface area contributed by atoms with Crippen LogP contribution in [0.3, 0.4) is 0 Å². The van der Waals surface area contributed by atoms with Crippen LogP contribution in [0.4, 0.5) is 10.6 Å². The Morgan fingerprint density at radius 1 is 1.11 bits per heavy atom. The van der Waals surface area contributed by atoms with Crippen LogP contribution in [0.5, 0.6) is 5.75 Å². The van der Waals surface area contributed by atoms with Gasteiger partial charge in [0.05, 0.1) is 12.8 Å². The molecule has 0 aliphatic heterocycles. The second kappa shape index (κ2) is 6.29. The van der Waals surface area contributed by atoms with Gasteiger partial charge in [0.15, 0.2) is 5.82 Å². The SMILES string of the molecule is COc1ccc(-c2cc(NC(=O)NC34CC5CC(CC(C5)C3)C4)n[nH]2)cc1. The molecule has 6 nitrogen and oxygen atoms in total. The van der Waals surface area contributed by atoms with Crippen molar-refractivity contribution in [2.24, 2.45) is 17.8 Å². The molecule has 0 saturated heterocycles. The molecule has 1 heterocycles. The van der Waals surface area contributed by atoms with E-state index in [9.17, 15) is 4.79 Å². The van der Waals surface area contributed by atoms with E-state index in [0.29, 0.717) is 5.82 Å². The van der Waals surface area contributed by atoms with Gasteiger partial charge in [-0.25, -0.2) is 4.79 Å². The molecule has 6 rings (SSSR count). The van der Waals surface area contributed by atoms with Crippen LogP contribution in [0.2, 0.25) is 0 Å². The molecule has 0 atom stereocenters. The molecule has 2 aromatic rings. The van der Waals surface area contributed by atoms with Crippen molar-refractivity contribution in [3.63, 3.8) is 0 Å². The summed E-state index contributed by atoms with van der Waals surface area (Å²) in [4.78, 5) is 12.6. The van der Waals surface area contributed by atoms with E-state index in [1.165, 1.54) is 19.3 Å². The Hall–Kier alpha value is -2.50. The Bertz CT molecular complexity index is 807. The van der Waals surface area contributed by atoms with Crippen molar-refractivity contribution in [1.82, 2.24) is 15.5 Å². The minimum atomic E-state index is -0.135. The van der Waals surface area contributed by atoms with Crippen LogP contribution in [0.25, 0.3) is 11.3 Å². The average molecular weight is 366 g/mol. The molecule has 0 spiro atoms. The van der Waals surface area contributed by atoms with E-state index in [-0.39, 0.29) is 11.6 Å². The topological polar surface area (TPSA) is 79.0 Å². The van der Waals surface area contributed by atoms with Crippen LogP contribution in [-0.2, 0) is 0 Å². The number of nitrogens with one attached hydrogen (secondary N) is 3. The predicted octanol–water partition coefficient (Wildman–Crippen LogP) is 4.18. The van der Waals surface area contributed by atoms with E-state index < -0.39 is 0 Å². The zero-order valence-corrected chi connectivity index (χ0v) is 15.6. The fourth-order valence-electron chi connectivity index (χ4n) is 5.96. The summed E-state index contributed by atoms with van der Waals surface area (Å²) in [6, 6.07) is 9.47. The predicted molar refractivity (Wildman–Crippen MR) is 104 cm³/mol. The fraction of sp³-hybridized carbons (Fsp3) is 0.524. The summed E-state index contributed by atoms with van der Waals surface area (Å²) in [5.74, 6) is 3.78. The number of carbonyl (C=O) groups excluding carboxylic acids is 1. The van der Waals surface area contributed by atoms with Crippen molar-refractivity contribution in [3.8, 4) is 17.0 Å². The molecule has 1 aromatic carbocycles. The van der Waals surface area contributed by atoms with Crippen LogP contribution < -0.4 is 15.4 Å². The minimum Gasteiger partial charge on any atom is -0.497 e. The number of hydrogen-bond acceptors (Lipinski definition) is 3. The Balaban J connectivity index is 1.24. The van der Waals surface area contributed by atoms with Gasteiger partial charge in [0.25, 0.3) is 0 Å². The summed E-state index contributed by atoms with van der Waals surface area (Å²) in [5.41, 5.74) is 1.87. The summed E-state index contributed by atoms with van der Waals surface area (Å²) in [6.45, 7) is 0. The molecule has 4 fully saturated rings. The van der Waals surface area contributed by atoms with Crippen molar-refractivity contribution >= 4 is 11.8 Å². The third-order valence-electron chi connectivity index (χ3n) is 6.64. The second-order valence-corrected chi connectivity index (χ2v) is 8.67. The van der Waals surface area contributed by atoms with Gasteiger partial charge in [-0.2, -0.15) is 5.10 Å². The molecule has 3 N–H and O–H groups in total. The fourth-order valence-corrected chi connectivity index (χ4v) is 5.96. The number of amides is 2. The quantitative estimate of drug-likeness (QED) is 0.760. The Morgan fingerprint density at radius 3 is 2.33 bits per heavy atom. The van der Waals surface area contributed by atoms with Crippen molar-refractivity contribution in [2.75, 3.05) is 12.4 Å². The number of aromatic nitrogens is 2. The Labute approximate surface area is 159 Å². The molecular formula is C21H26N4O2. The number of benzene rings is 1. The zero-order valence-electron chi connectivity index (χ0n) is 15.6. The minimum absolute atomic E-state index is 0.00789. The summed E-state index contributed by atoms with van der Waals surface area (Å²) >= 11 is 0. The van der Waals surface area contributed by atoms with Crippen molar-refractivity contribution in [1.29, 1.82) is 0 Å². The van der Waals surface area contributed by atoms with Crippen LogP contribution >= 0.6 is 0 Å². The lowest BCUT2D eigenvalue weighted by Gasteiger charge is -2.56. The smallest absolute Gasteiger partial charge is 0.320 e. The third-order valence-corrected chi connectivity index (χ3v) is 6.64. The highest BCUT2D eigenvalue weighted by atomic mass is 16.5. The maximum absolute atomic E-state index is 12.6. The Morgan fingerprint density at radius 2 is 1.74 bits per heavy atom. The number of anilines is 1. The van der Waals surface area contributed by atoms with Gasteiger partial charge >= 0.3 is 6.03 Å². The van der Waals surface area contributed by atoms with Gasteiger partial charge in [0, 0.05) is 11.6 Å². The molecular weight excluding hydrogens is 340 g/mol. The zero-order chi connectivity index (χ0) is 18.4. The molecule has 0 unspecified atom stereocenters. The monoisotopic (exact) mass is 366 g/mol. The van der Waals surface area contributed by atoms with Gasteiger partial charge in [-0.05, 0) is 86.1 Å². The lowest BCUT2D eigenvalue weighted by atomic mass is 9.53. The summed E-state index contributed by atoms with van der Waals surface area (Å²) in [7, 11) is 1.65. The van der Waals surface area contributed by atoms with Crippen molar-refractivity contribution in [3.05, 3.63) is 30.3 Å². The first kappa shape index (κ1) is 16.7. The van der Waals surface area contributed by atoms with Crippen LogP contribution in [-0.4, -0.2) is 28.9 Å². The van der Waals surface area contributed by atoms with Gasteiger partial charge in [-0.1, -0.05) is 0 Å². The summed E-state index contributed by atoms with van der Waals surface area (Å²) in [6.07, 6.45) is 7.53. The van der Waals surface area contributed by atoms with Gasteiger partial charge in [-0.15, -0.1) is 0 Å². The first-order valence-electron chi connectivity index (χ1n) is 9.90. The Kier molecular flexibility index (Phi) is 3.88. The highest BCUT2D eigenvalue weighted by Crippen LogP contribution is 2.55. The van der Waals surface area contributed by atoms with E-state index >= 15 is 0 Å². The molecule has 6 heteroatoms. The number of rotatable bonds is 4. The number of aromatic amines is 1. The molecule has 2 amide bonds. The van der Waals surface area contributed by atoms with E-state index in [1.807, 2.05) is 30.3 Å². The highest BCUT2D eigenvalue weighted by Gasteiger charge is 2.51. The van der Waals surface area contributed by atoms with Crippen molar-refractivity contribution in [2.45, 2.75) is 44.1 Å². The van der Waals surface area contributed by atoms with E-state index in [2.05, 4.69) is 20.8 Å². The lowest BCUT2D eigenvalue weighted by molar-refractivity contribution is -0.0127. The number of ether oxygens (including phenoxy) is 1. The van der Waals surface area contributed by atoms with Gasteiger partial charge in [0.1, 0.15) is 5.75 Å². The van der Waals surface area contributed by atoms with Crippen LogP contribution in [0.15, 0.2) is 30.3 Å². The number of hydrogen-bond donors (Lipinski definition) is 3. The molecule has 4 aliphatic rings. The number of methoxy groups -OCH3 is 1.